The molecular formula is C19H21F3N6O. The lowest BCUT2D eigenvalue weighted by molar-refractivity contribution is 0.0648. The predicted octanol–water partition coefficient (Wildman–Crippen LogP) is 3.59. The minimum absolute atomic E-state index is 0.00643. The van der Waals surface area contributed by atoms with E-state index < -0.39 is 12.7 Å². The Morgan fingerprint density at radius 2 is 1.86 bits per heavy atom. The molecule has 1 saturated heterocycles. The average Bonchev–Trinajstić information content (AvgIpc) is 3.05. The molecule has 0 saturated carbocycles. The summed E-state index contributed by atoms with van der Waals surface area (Å²) in [6.45, 7) is 1.48. The third-order valence-electron chi connectivity index (χ3n) is 4.94. The van der Waals surface area contributed by atoms with Crippen LogP contribution in [0.3, 0.4) is 0 Å². The van der Waals surface area contributed by atoms with Crippen molar-refractivity contribution in [3.05, 3.63) is 30.7 Å². The first-order chi connectivity index (χ1) is 14.0. The lowest BCUT2D eigenvalue weighted by atomic mass is 10.1. The van der Waals surface area contributed by atoms with Crippen molar-refractivity contribution in [2.45, 2.75) is 31.6 Å². The zero-order valence-corrected chi connectivity index (χ0v) is 15.8. The van der Waals surface area contributed by atoms with Crippen molar-refractivity contribution in [3.8, 4) is 11.4 Å². The van der Waals surface area contributed by atoms with E-state index in [1.54, 1.807) is 6.20 Å². The second-order valence-electron chi connectivity index (χ2n) is 6.92. The van der Waals surface area contributed by atoms with E-state index in [1.165, 1.54) is 12.4 Å². The van der Waals surface area contributed by atoms with Gasteiger partial charge in [0.2, 0.25) is 6.30 Å². The molecule has 4 rings (SSSR count). The maximum Gasteiger partial charge on any atom is 0.287 e. The van der Waals surface area contributed by atoms with Crippen LogP contribution in [0.15, 0.2) is 30.7 Å². The van der Waals surface area contributed by atoms with Crippen LogP contribution in [0.25, 0.3) is 22.3 Å². The molecule has 4 heterocycles. The fourth-order valence-electron chi connectivity index (χ4n) is 3.39. The van der Waals surface area contributed by atoms with Gasteiger partial charge in [0.15, 0.2) is 0 Å². The van der Waals surface area contributed by atoms with Crippen LogP contribution in [-0.2, 0) is 11.8 Å². The molecule has 1 fully saturated rings. The highest BCUT2D eigenvalue weighted by atomic mass is 19.3. The fourth-order valence-corrected chi connectivity index (χ4v) is 3.39. The van der Waals surface area contributed by atoms with E-state index in [-0.39, 0.29) is 5.82 Å². The van der Waals surface area contributed by atoms with Crippen molar-refractivity contribution in [2.24, 2.45) is 7.05 Å². The quantitative estimate of drug-likeness (QED) is 0.610. The molecule has 1 unspecified atom stereocenters. The summed E-state index contributed by atoms with van der Waals surface area (Å²) < 4.78 is 45.5. The Morgan fingerprint density at radius 1 is 1.07 bits per heavy atom. The largest absolute Gasteiger partial charge is 0.381 e. The van der Waals surface area contributed by atoms with Gasteiger partial charge in [-0.3, -0.25) is 0 Å². The number of nitrogens with one attached hydrogen (secondary N) is 2. The molecule has 3 aromatic heterocycles. The first kappa shape index (κ1) is 19.4. The van der Waals surface area contributed by atoms with Gasteiger partial charge in [0.05, 0.1) is 16.9 Å². The highest BCUT2D eigenvalue weighted by molar-refractivity contribution is 5.87. The zero-order valence-electron chi connectivity index (χ0n) is 15.8. The number of halogens is 3. The highest BCUT2D eigenvalue weighted by Crippen LogP contribution is 2.28. The summed E-state index contributed by atoms with van der Waals surface area (Å²) in [7, 11) is 1.88. The monoisotopic (exact) mass is 406 g/mol. The van der Waals surface area contributed by atoms with Crippen LogP contribution >= 0.6 is 0 Å². The molecule has 3 aromatic rings. The van der Waals surface area contributed by atoms with Crippen molar-refractivity contribution >= 4 is 22.5 Å². The van der Waals surface area contributed by atoms with E-state index in [4.69, 9.17) is 4.74 Å². The van der Waals surface area contributed by atoms with Gasteiger partial charge < -0.3 is 19.9 Å². The number of rotatable bonds is 6. The maximum atomic E-state index is 13.3. The second-order valence-corrected chi connectivity index (χ2v) is 6.92. The number of aryl methyl sites for hydroxylation is 1. The Kier molecular flexibility index (Phi) is 5.52. The van der Waals surface area contributed by atoms with Crippen LogP contribution in [-0.4, -0.2) is 51.5 Å². The molecule has 0 bridgehead atoms. The third-order valence-corrected chi connectivity index (χ3v) is 4.94. The fraction of sp³-hybridized carbons (Fsp3) is 0.421. The Hall–Kier alpha value is -2.88. The minimum Gasteiger partial charge on any atom is -0.381 e. The normalized spacial score (nSPS) is 16.3. The zero-order chi connectivity index (χ0) is 20.4. The second kappa shape index (κ2) is 8.24. The number of anilines is 2. The van der Waals surface area contributed by atoms with Gasteiger partial charge in [-0.25, -0.2) is 28.1 Å². The Morgan fingerprint density at radius 3 is 2.62 bits per heavy atom. The predicted molar refractivity (Wildman–Crippen MR) is 104 cm³/mol. The number of aromatic nitrogens is 4. The van der Waals surface area contributed by atoms with Gasteiger partial charge in [-0.2, -0.15) is 0 Å². The summed E-state index contributed by atoms with van der Waals surface area (Å²) >= 11 is 0. The number of hydrogen-bond donors (Lipinski definition) is 2. The molecule has 154 valence electrons. The molecule has 0 aliphatic carbocycles. The summed E-state index contributed by atoms with van der Waals surface area (Å²) in [5, 5.41) is 6.39. The van der Waals surface area contributed by atoms with Crippen LogP contribution in [0, 0.1) is 0 Å². The van der Waals surface area contributed by atoms with Gasteiger partial charge >= 0.3 is 0 Å². The first-order valence-electron chi connectivity index (χ1n) is 9.32. The number of ether oxygens (including phenoxy) is 1. The van der Waals surface area contributed by atoms with E-state index in [2.05, 4.69) is 20.3 Å². The van der Waals surface area contributed by atoms with Crippen molar-refractivity contribution in [2.75, 3.05) is 23.8 Å². The number of nitrogens with zero attached hydrogens (tertiary/aromatic N) is 4. The van der Waals surface area contributed by atoms with E-state index in [1.807, 2.05) is 29.1 Å². The number of hydrogen-bond acceptors (Lipinski definition) is 6. The standard InChI is InChI=1S/C19H21F3N6O/c1-28-14-8-17(26-12-2-4-29-5-3-12)23-9-11(14)6-15(28)13-7-16(25-10-24-13)27-19(22)18(20)21/h6-10,12,18-19H,2-5H2,1H3,(H,23,26)(H,24,25,27). The van der Waals surface area contributed by atoms with Gasteiger partial charge in [-0.1, -0.05) is 0 Å². The molecule has 1 atom stereocenters. The molecule has 10 heteroatoms. The Balaban J connectivity index is 1.60. The van der Waals surface area contributed by atoms with Gasteiger partial charge in [0.1, 0.15) is 18.0 Å². The van der Waals surface area contributed by atoms with Crippen LogP contribution in [0.1, 0.15) is 12.8 Å². The third kappa shape index (κ3) is 4.26. The molecule has 1 aliphatic heterocycles. The first-order valence-corrected chi connectivity index (χ1v) is 9.32. The number of alkyl halides is 3. The summed E-state index contributed by atoms with van der Waals surface area (Å²) in [4.78, 5) is 12.5. The molecule has 2 N–H and O–H groups in total. The van der Waals surface area contributed by atoms with E-state index in [0.717, 1.165) is 48.5 Å². The molecule has 0 aromatic carbocycles. The van der Waals surface area contributed by atoms with Crippen molar-refractivity contribution in [1.82, 2.24) is 19.5 Å². The topological polar surface area (TPSA) is 76.9 Å². The Bertz CT molecular complexity index is 989. The highest BCUT2D eigenvalue weighted by Gasteiger charge is 2.20. The molecule has 0 amide bonds. The lowest BCUT2D eigenvalue weighted by Crippen LogP contribution is -2.28. The van der Waals surface area contributed by atoms with E-state index in [0.29, 0.717) is 11.7 Å². The van der Waals surface area contributed by atoms with Crippen molar-refractivity contribution in [3.63, 3.8) is 0 Å². The number of pyridine rings is 1. The molecule has 29 heavy (non-hydrogen) atoms. The summed E-state index contributed by atoms with van der Waals surface area (Å²) in [6.07, 6.45) is -0.780. The average molecular weight is 406 g/mol. The van der Waals surface area contributed by atoms with Crippen molar-refractivity contribution < 1.29 is 17.9 Å². The Labute approximate surface area is 165 Å². The molecule has 0 radical (unpaired) electrons. The molecule has 1 aliphatic rings. The van der Waals surface area contributed by atoms with Crippen LogP contribution < -0.4 is 10.6 Å². The van der Waals surface area contributed by atoms with E-state index in [9.17, 15) is 13.2 Å². The molecule has 0 spiro atoms. The number of fused-ring (bicyclic) bond motifs is 1. The molecule has 7 nitrogen and oxygen atoms in total. The molecular weight excluding hydrogens is 385 g/mol. The minimum atomic E-state index is -3.14. The van der Waals surface area contributed by atoms with Gasteiger partial charge in [0, 0.05) is 50.0 Å². The van der Waals surface area contributed by atoms with Crippen LogP contribution in [0.4, 0.5) is 24.8 Å². The van der Waals surface area contributed by atoms with Crippen LogP contribution in [0.5, 0.6) is 0 Å². The van der Waals surface area contributed by atoms with Crippen molar-refractivity contribution in [1.29, 1.82) is 0 Å². The SMILES string of the molecule is Cn1c(-c2cc(NC(F)C(F)F)ncn2)cc2cnc(NC3CCOCC3)cc21. The van der Waals surface area contributed by atoms with Gasteiger partial charge in [-0.05, 0) is 18.9 Å². The van der Waals surface area contributed by atoms with Crippen LogP contribution in [0.2, 0.25) is 0 Å². The van der Waals surface area contributed by atoms with Gasteiger partial charge in [0.25, 0.3) is 6.43 Å². The van der Waals surface area contributed by atoms with Gasteiger partial charge in [-0.15, -0.1) is 0 Å². The summed E-state index contributed by atoms with van der Waals surface area (Å²) in [6, 6.07) is 5.63. The maximum absolute atomic E-state index is 13.3. The smallest absolute Gasteiger partial charge is 0.287 e. The summed E-state index contributed by atoms with van der Waals surface area (Å²) in [5.74, 6) is 0.771. The summed E-state index contributed by atoms with van der Waals surface area (Å²) in [5.41, 5.74) is 2.16. The lowest BCUT2D eigenvalue weighted by Gasteiger charge is -2.23. The van der Waals surface area contributed by atoms with E-state index >= 15 is 0 Å².